The lowest BCUT2D eigenvalue weighted by atomic mass is 10.2. The van der Waals surface area contributed by atoms with E-state index in [4.69, 9.17) is 0 Å². The van der Waals surface area contributed by atoms with Gasteiger partial charge in [-0.3, -0.25) is 14.3 Å². The highest BCUT2D eigenvalue weighted by Crippen LogP contribution is 2.22. The van der Waals surface area contributed by atoms with E-state index < -0.39 is 5.82 Å². The van der Waals surface area contributed by atoms with Crippen molar-refractivity contribution in [3.8, 4) is 11.5 Å². The van der Waals surface area contributed by atoms with Crippen molar-refractivity contribution in [1.82, 2.24) is 29.4 Å². The standard InChI is InChI=1S/C26H22FN7O2/c27-22-9-1-2-10-23(22)34-26(32-12-3-4-13-32)21(17-30-34)25(36)28-16-19-7-5-8-20(15-19)31-24(35)18-33-14-6-11-29-33/h1-15,17H,16,18H2,(H,28,36)(H,31,35). The molecule has 5 aromatic rings. The topological polar surface area (TPSA) is 98.8 Å². The number of carbonyl (C=O) groups is 2. The van der Waals surface area contributed by atoms with E-state index in [2.05, 4.69) is 20.8 Å². The molecule has 0 bridgehead atoms. The molecule has 0 radical (unpaired) electrons. The zero-order valence-corrected chi connectivity index (χ0v) is 19.1. The minimum absolute atomic E-state index is 0.0993. The van der Waals surface area contributed by atoms with Crippen molar-refractivity contribution < 1.29 is 14.0 Å². The number of amides is 2. The van der Waals surface area contributed by atoms with Crippen LogP contribution in [0.1, 0.15) is 15.9 Å². The van der Waals surface area contributed by atoms with E-state index in [1.807, 2.05) is 18.2 Å². The van der Waals surface area contributed by atoms with Crippen LogP contribution in [0, 0.1) is 5.82 Å². The molecule has 36 heavy (non-hydrogen) atoms. The third-order valence-electron chi connectivity index (χ3n) is 5.45. The van der Waals surface area contributed by atoms with Crippen LogP contribution in [0.15, 0.2) is 97.7 Å². The summed E-state index contributed by atoms with van der Waals surface area (Å²) in [6, 6.07) is 18.8. The van der Waals surface area contributed by atoms with Gasteiger partial charge in [-0.05, 0) is 48.0 Å². The lowest BCUT2D eigenvalue weighted by Gasteiger charge is -2.12. The number of anilines is 1. The van der Waals surface area contributed by atoms with E-state index in [0.29, 0.717) is 11.5 Å². The first-order valence-electron chi connectivity index (χ1n) is 11.2. The van der Waals surface area contributed by atoms with Gasteiger partial charge in [-0.25, -0.2) is 9.07 Å². The summed E-state index contributed by atoms with van der Waals surface area (Å²) in [6.07, 6.45) is 8.27. The molecule has 0 saturated carbocycles. The van der Waals surface area contributed by atoms with Crippen molar-refractivity contribution in [3.63, 3.8) is 0 Å². The Morgan fingerprint density at radius 2 is 1.75 bits per heavy atom. The van der Waals surface area contributed by atoms with E-state index >= 15 is 0 Å². The van der Waals surface area contributed by atoms with Crippen LogP contribution in [0.3, 0.4) is 0 Å². The number of carbonyl (C=O) groups excluding carboxylic acids is 2. The van der Waals surface area contributed by atoms with Crippen molar-refractivity contribution in [2.24, 2.45) is 0 Å². The van der Waals surface area contributed by atoms with E-state index in [1.165, 1.54) is 21.6 Å². The minimum atomic E-state index is -0.451. The van der Waals surface area contributed by atoms with Crippen LogP contribution < -0.4 is 10.6 Å². The number of para-hydroxylation sites is 1. The predicted octanol–water partition coefficient (Wildman–Crippen LogP) is 3.57. The molecule has 0 aliphatic rings. The van der Waals surface area contributed by atoms with E-state index in [9.17, 15) is 14.0 Å². The van der Waals surface area contributed by atoms with Gasteiger partial charge in [-0.1, -0.05) is 24.3 Å². The fourth-order valence-electron chi connectivity index (χ4n) is 3.80. The lowest BCUT2D eigenvalue weighted by Crippen LogP contribution is -2.24. The molecule has 0 saturated heterocycles. The average molecular weight is 484 g/mol. The first-order chi connectivity index (χ1) is 17.6. The lowest BCUT2D eigenvalue weighted by molar-refractivity contribution is -0.116. The second-order valence-corrected chi connectivity index (χ2v) is 7.97. The predicted molar refractivity (Wildman–Crippen MR) is 131 cm³/mol. The average Bonchev–Trinajstić information content (AvgIpc) is 3.65. The number of hydrogen-bond acceptors (Lipinski definition) is 4. The summed E-state index contributed by atoms with van der Waals surface area (Å²) in [4.78, 5) is 25.4. The van der Waals surface area contributed by atoms with Crippen LogP contribution in [0.25, 0.3) is 11.5 Å². The van der Waals surface area contributed by atoms with Crippen LogP contribution in [0.5, 0.6) is 0 Å². The molecule has 0 fully saturated rings. The van der Waals surface area contributed by atoms with Gasteiger partial charge in [0.2, 0.25) is 5.91 Å². The summed E-state index contributed by atoms with van der Waals surface area (Å²) < 4.78 is 19.2. The van der Waals surface area contributed by atoms with E-state index in [-0.39, 0.29) is 36.2 Å². The maximum absolute atomic E-state index is 14.5. The van der Waals surface area contributed by atoms with Gasteiger partial charge in [0.15, 0.2) is 5.82 Å². The Balaban J connectivity index is 1.32. The Labute approximate surface area is 205 Å². The van der Waals surface area contributed by atoms with E-state index in [1.54, 1.807) is 71.8 Å². The number of rotatable bonds is 8. The quantitative estimate of drug-likeness (QED) is 0.353. The van der Waals surface area contributed by atoms with Crippen LogP contribution in [-0.4, -0.2) is 35.9 Å². The molecule has 3 heterocycles. The van der Waals surface area contributed by atoms with Crippen molar-refractivity contribution in [3.05, 3.63) is 115 Å². The molecule has 0 atom stereocenters. The van der Waals surface area contributed by atoms with Crippen molar-refractivity contribution >= 4 is 17.5 Å². The van der Waals surface area contributed by atoms with Gasteiger partial charge in [0.05, 0.1) is 6.20 Å². The molecule has 3 aromatic heterocycles. The highest BCUT2D eigenvalue weighted by molar-refractivity contribution is 5.97. The number of benzene rings is 2. The Hall–Kier alpha value is -4.99. The molecule has 180 valence electrons. The molecular formula is C26H22FN7O2. The maximum atomic E-state index is 14.5. The molecule has 2 N–H and O–H groups in total. The first-order valence-corrected chi connectivity index (χ1v) is 11.2. The van der Waals surface area contributed by atoms with Crippen LogP contribution in [0.2, 0.25) is 0 Å². The molecule has 5 rings (SSSR count). The smallest absolute Gasteiger partial charge is 0.256 e. The number of nitrogens with one attached hydrogen (secondary N) is 2. The number of aromatic nitrogens is 5. The van der Waals surface area contributed by atoms with Gasteiger partial charge >= 0.3 is 0 Å². The summed E-state index contributed by atoms with van der Waals surface area (Å²) in [6.45, 7) is 0.319. The Bertz CT molecular complexity index is 1490. The summed E-state index contributed by atoms with van der Waals surface area (Å²) in [5.41, 5.74) is 1.93. The monoisotopic (exact) mass is 483 g/mol. The third-order valence-corrected chi connectivity index (χ3v) is 5.45. The Morgan fingerprint density at radius 3 is 2.53 bits per heavy atom. The van der Waals surface area contributed by atoms with Gasteiger partial charge in [0, 0.05) is 37.0 Å². The first kappa shape index (κ1) is 22.8. The van der Waals surface area contributed by atoms with Crippen LogP contribution in [-0.2, 0) is 17.9 Å². The maximum Gasteiger partial charge on any atom is 0.256 e. The van der Waals surface area contributed by atoms with Crippen LogP contribution >= 0.6 is 0 Å². The number of hydrogen-bond donors (Lipinski definition) is 2. The summed E-state index contributed by atoms with van der Waals surface area (Å²) >= 11 is 0. The normalized spacial score (nSPS) is 10.8. The Morgan fingerprint density at radius 1 is 0.917 bits per heavy atom. The minimum Gasteiger partial charge on any atom is -0.348 e. The zero-order chi connectivity index (χ0) is 24.9. The van der Waals surface area contributed by atoms with Gasteiger partial charge < -0.3 is 15.2 Å². The summed E-state index contributed by atoms with van der Waals surface area (Å²) in [5, 5.41) is 14.0. The fourth-order valence-corrected chi connectivity index (χ4v) is 3.80. The number of halogens is 1. The third kappa shape index (κ3) is 4.92. The van der Waals surface area contributed by atoms with Gasteiger partial charge in [-0.15, -0.1) is 0 Å². The molecule has 10 heteroatoms. The summed E-state index contributed by atoms with van der Waals surface area (Å²) in [5.74, 6) is -0.610. The SMILES string of the molecule is O=C(Cn1cccn1)Nc1cccc(CNC(=O)c2cnn(-c3ccccc3F)c2-n2cccc2)c1. The second kappa shape index (κ2) is 10.1. The van der Waals surface area contributed by atoms with Crippen molar-refractivity contribution in [2.45, 2.75) is 13.1 Å². The highest BCUT2D eigenvalue weighted by atomic mass is 19.1. The van der Waals surface area contributed by atoms with Crippen molar-refractivity contribution in [1.29, 1.82) is 0 Å². The van der Waals surface area contributed by atoms with Crippen LogP contribution in [0.4, 0.5) is 10.1 Å². The van der Waals surface area contributed by atoms with Gasteiger partial charge in [0.1, 0.15) is 23.6 Å². The van der Waals surface area contributed by atoms with Crippen molar-refractivity contribution in [2.75, 3.05) is 5.32 Å². The largest absolute Gasteiger partial charge is 0.348 e. The molecule has 0 aliphatic carbocycles. The molecular weight excluding hydrogens is 461 g/mol. The van der Waals surface area contributed by atoms with Gasteiger partial charge in [-0.2, -0.15) is 10.2 Å². The molecule has 0 unspecified atom stereocenters. The second-order valence-electron chi connectivity index (χ2n) is 7.97. The molecule has 2 aromatic carbocycles. The summed E-state index contributed by atoms with van der Waals surface area (Å²) in [7, 11) is 0. The molecule has 0 aliphatic heterocycles. The molecule has 9 nitrogen and oxygen atoms in total. The fraction of sp³-hybridized carbons (Fsp3) is 0.0769. The molecule has 2 amide bonds. The highest BCUT2D eigenvalue weighted by Gasteiger charge is 2.21. The number of nitrogens with zero attached hydrogens (tertiary/aromatic N) is 5. The Kier molecular flexibility index (Phi) is 6.39. The van der Waals surface area contributed by atoms with Gasteiger partial charge in [0.25, 0.3) is 5.91 Å². The molecule has 0 spiro atoms. The van der Waals surface area contributed by atoms with E-state index in [0.717, 1.165) is 5.56 Å². The zero-order valence-electron chi connectivity index (χ0n) is 19.1.